The normalized spacial score (nSPS) is 10.6. The van der Waals surface area contributed by atoms with E-state index < -0.39 is 11.8 Å². The van der Waals surface area contributed by atoms with Gasteiger partial charge in [0.05, 0.1) is 6.21 Å². The summed E-state index contributed by atoms with van der Waals surface area (Å²) in [6.07, 6.45) is 1.42. The van der Waals surface area contributed by atoms with Crippen molar-refractivity contribution in [2.45, 2.75) is 6.61 Å². The van der Waals surface area contributed by atoms with Crippen molar-refractivity contribution in [3.63, 3.8) is 0 Å². The van der Waals surface area contributed by atoms with Crippen molar-refractivity contribution >= 4 is 46.9 Å². The van der Waals surface area contributed by atoms with Crippen LogP contribution in [-0.2, 0) is 16.2 Å². The van der Waals surface area contributed by atoms with E-state index in [0.717, 1.165) is 11.1 Å². The van der Waals surface area contributed by atoms with Gasteiger partial charge in [0.15, 0.2) is 0 Å². The highest BCUT2D eigenvalue weighted by Gasteiger charge is 2.12. The predicted molar refractivity (Wildman–Crippen MR) is 118 cm³/mol. The number of carbonyl (C=O) groups is 2. The first-order valence-electron chi connectivity index (χ1n) is 8.87. The van der Waals surface area contributed by atoms with Gasteiger partial charge in [-0.2, -0.15) is 5.10 Å². The molecule has 2 N–H and O–H groups in total. The lowest BCUT2D eigenvalue weighted by molar-refractivity contribution is -0.136. The molecule has 2 amide bonds. The van der Waals surface area contributed by atoms with Crippen LogP contribution in [0, 0.1) is 0 Å². The molecule has 0 heterocycles. The number of nitrogens with zero attached hydrogens (tertiary/aromatic N) is 1. The number of anilines is 1. The second-order valence-electron chi connectivity index (χ2n) is 6.15. The van der Waals surface area contributed by atoms with Crippen LogP contribution < -0.4 is 15.5 Å². The van der Waals surface area contributed by atoms with Crippen molar-refractivity contribution in [2.75, 3.05) is 5.32 Å². The summed E-state index contributed by atoms with van der Waals surface area (Å²) < 4.78 is 5.71. The fraction of sp³-hybridized carbons (Fsp3) is 0.0455. The first-order valence-corrected chi connectivity index (χ1v) is 9.62. The second kappa shape index (κ2) is 10.4. The van der Waals surface area contributed by atoms with Crippen LogP contribution in [0.2, 0.25) is 10.0 Å². The molecule has 0 aromatic heterocycles. The van der Waals surface area contributed by atoms with Crippen molar-refractivity contribution < 1.29 is 14.3 Å². The van der Waals surface area contributed by atoms with Crippen LogP contribution in [-0.4, -0.2) is 18.0 Å². The quantitative estimate of drug-likeness (QED) is 0.331. The summed E-state index contributed by atoms with van der Waals surface area (Å²) in [5.41, 5.74) is 4.32. The monoisotopic (exact) mass is 441 g/mol. The fourth-order valence-corrected chi connectivity index (χ4v) is 2.68. The van der Waals surface area contributed by atoms with Gasteiger partial charge in [-0.15, -0.1) is 0 Å². The number of hydrazone groups is 1. The van der Waals surface area contributed by atoms with Crippen molar-refractivity contribution in [1.82, 2.24) is 5.43 Å². The zero-order valence-corrected chi connectivity index (χ0v) is 17.2. The summed E-state index contributed by atoms with van der Waals surface area (Å²) >= 11 is 11.7. The van der Waals surface area contributed by atoms with E-state index in [-0.39, 0.29) is 0 Å². The number of nitrogens with one attached hydrogen (secondary N) is 2. The molecule has 3 rings (SSSR count). The van der Waals surface area contributed by atoms with E-state index in [1.54, 1.807) is 42.5 Å². The highest BCUT2D eigenvalue weighted by molar-refractivity contribution is 6.39. The molecule has 0 aliphatic heterocycles. The SMILES string of the molecule is O=C(N/N=C\c1ccc(OCc2ccc(Cl)cc2)cc1)C(=O)Nc1cccc(Cl)c1. The van der Waals surface area contributed by atoms with E-state index in [9.17, 15) is 9.59 Å². The Balaban J connectivity index is 1.46. The number of amides is 2. The van der Waals surface area contributed by atoms with E-state index in [1.807, 2.05) is 24.3 Å². The Morgan fingerprint density at radius 2 is 1.63 bits per heavy atom. The average Bonchev–Trinajstić information content (AvgIpc) is 2.74. The molecular weight excluding hydrogens is 425 g/mol. The van der Waals surface area contributed by atoms with Crippen LogP contribution in [0.3, 0.4) is 0 Å². The first kappa shape index (κ1) is 21.4. The van der Waals surface area contributed by atoms with Gasteiger partial charge in [0.1, 0.15) is 12.4 Å². The van der Waals surface area contributed by atoms with Crippen LogP contribution in [0.4, 0.5) is 5.69 Å². The molecule has 30 heavy (non-hydrogen) atoms. The third kappa shape index (κ3) is 6.62. The Morgan fingerprint density at radius 1 is 0.900 bits per heavy atom. The van der Waals surface area contributed by atoms with Gasteiger partial charge in [0, 0.05) is 15.7 Å². The Bertz CT molecular complexity index is 1050. The summed E-state index contributed by atoms with van der Waals surface area (Å²) in [4.78, 5) is 23.7. The lowest BCUT2D eigenvalue weighted by Gasteiger charge is -2.06. The molecule has 0 bridgehead atoms. The maximum absolute atomic E-state index is 11.9. The Morgan fingerprint density at radius 3 is 2.33 bits per heavy atom. The minimum absolute atomic E-state index is 0.417. The number of hydrogen-bond acceptors (Lipinski definition) is 4. The molecule has 0 fully saturated rings. The molecule has 152 valence electrons. The summed E-state index contributed by atoms with van der Waals surface area (Å²) in [6.45, 7) is 0.419. The molecule has 6 nitrogen and oxygen atoms in total. The highest BCUT2D eigenvalue weighted by atomic mass is 35.5. The molecule has 0 aliphatic carbocycles. The van der Waals surface area contributed by atoms with Crippen molar-refractivity contribution in [3.8, 4) is 5.75 Å². The number of hydrogen-bond donors (Lipinski definition) is 2. The molecule has 0 atom stereocenters. The zero-order valence-electron chi connectivity index (χ0n) is 15.6. The molecule has 0 unspecified atom stereocenters. The van der Waals surface area contributed by atoms with Gasteiger partial charge >= 0.3 is 11.8 Å². The standard InChI is InChI=1S/C22H17Cl2N3O3/c23-17-8-4-16(5-9-17)14-30-20-10-6-15(7-11-20)13-25-27-22(29)21(28)26-19-3-1-2-18(24)12-19/h1-13H,14H2,(H,26,28)(H,27,29)/b25-13-. The Kier molecular flexibility index (Phi) is 7.43. The summed E-state index contributed by atoms with van der Waals surface area (Å²) in [5.74, 6) is -1.05. The maximum Gasteiger partial charge on any atom is 0.329 e. The summed E-state index contributed by atoms with van der Waals surface area (Å²) in [7, 11) is 0. The van der Waals surface area contributed by atoms with Gasteiger partial charge in [-0.05, 0) is 65.7 Å². The predicted octanol–water partition coefficient (Wildman–Crippen LogP) is 4.66. The van der Waals surface area contributed by atoms with Crippen molar-refractivity contribution in [3.05, 3.63) is 94.0 Å². The number of benzene rings is 3. The van der Waals surface area contributed by atoms with Gasteiger partial charge in [0.2, 0.25) is 0 Å². The molecule has 0 spiro atoms. The molecule has 3 aromatic carbocycles. The van der Waals surface area contributed by atoms with Crippen LogP contribution in [0.5, 0.6) is 5.75 Å². The fourth-order valence-electron chi connectivity index (χ4n) is 2.37. The van der Waals surface area contributed by atoms with Gasteiger partial charge in [0.25, 0.3) is 0 Å². The Hall–Kier alpha value is -3.35. The van der Waals surface area contributed by atoms with E-state index in [1.165, 1.54) is 12.3 Å². The third-order valence-corrected chi connectivity index (χ3v) is 4.35. The van der Waals surface area contributed by atoms with Crippen molar-refractivity contribution in [1.29, 1.82) is 0 Å². The smallest absolute Gasteiger partial charge is 0.329 e. The summed E-state index contributed by atoms with van der Waals surface area (Å²) in [6, 6.07) is 21.0. The molecule has 0 aliphatic rings. The third-order valence-electron chi connectivity index (χ3n) is 3.87. The molecular formula is C22H17Cl2N3O3. The topological polar surface area (TPSA) is 79.8 Å². The minimum atomic E-state index is -0.894. The van der Waals surface area contributed by atoms with Crippen LogP contribution in [0.15, 0.2) is 77.9 Å². The van der Waals surface area contributed by atoms with Gasteiger partial charge in [-0.25, -0.2) is 5.43 Å². The van der Waals surface area contributed by atoms with Gasteiger partial charge in [-0.1, -0.05) is 41.4 Å². The number of halogens is 2. The van der Waals surface area contributed by atoms with Crippen LogP contribution >= 0.6 is 23.2 Å². The van der Waals surface area contributed by atoms with Crippen molar-refractivity contribution in [2.24, 2.45) is 5.10 Å². The second-order valence-corrected chi connectivity index (χ2v) is 7.02. The minimum Gasteiger partial charge on any atom is -0.489 e. The van der Waals surface area contributed by atoms with E-state index in [2.05, 4.69) is 15.8 Å². The average molecular weight is 442 g/mol. The summed E-state index contributed by atoms with van der Waals surface area (Å²) in [5, 5.41) is 7.35. The number of carbonyl (C=O) groups excluding carboxylic acids is 2. The molecule has 3 aromatic rings. The molecule has 0 radical (unpaired) electrons. The lowest BCUT2D eigenvalue weighted by atomic mass is 10.2. The van der Waals surface area contributed by atoms with E-state index >= 15 is 0 Å². The Labute approximate surface area is 183 Å². The zero-order chi connectivity index (χ0) is 21.3. The lowest BCUT2D eigenvalue weighted by Crippen LogP contribution is -2.32. The van der Waals surface area contributed by atoms with E-state index in [0.29, 0.717) is 28.1 Å². The van der Waals surface area contributed by atoms with E-state index in [4.69, 9.17) is 27.9 Å². The highest BCUT2D eigenvalue weighted by Crippen LogP contribution is 2.16. The van der Waals surface area contributed by atoms with Gasteiger partial charge in [-0.3, -0.25) is 9.59 Å². The molecule has 8 heteroatoms. The first-order chi connectivity index (χ1) is 14.5. The number of ether oxygens (including phenoxy) is 1. The largest absolute Gasteiger partial charge is 0.489 e. The van der Waals surface area contributed by atoms with Gasteiger partial charge < -0.3 is 10.1 Å². The number of rotatable bonds is 6. The van der Waals surface area contributed by atoms with Crippen LogP contribution in [0.25, 0.3) is 0 Å². The molecule has 0 saturated heterocycles. The van der Waals surface area contributed by atoms with Crippen LogP contribution in [0.1, 0.15) is 11.1 Å². The maximum atomic E-state index is 11.9. The molecule has 0 saturated carbocycles.